The maximum absolute atomic E-state index is 6.94. The van der Waals surface area contributed by atoms with Gasteiger partial charge in [0, 0.05) is 32.7 Å². The van der Waals surface area contributed by atoms with Crippen LogP contribution in [0.3, 0.4) is 0 Å². The molecule has 0 bridgehead atoms. The van der Waals surface area contributed by atoms with Crippen LogP contribution in [0.25, 0.3) is 4.85 Å². The second-order valence-corrected chi connectivity index (χ2v) is 6.69. The lowest BCUT2D eigenvalue weighted by Crippen LogP contribution is -2.46. The maximum Gasteiger partial charge on any atom is 0.187 e. The zero-order chi connectivity index (χ0) is 17.7. The van der Waals surface area contributed by atoms with Crippen molar-refractivity contribution >= 4 is 5.69 Å². The molecule has 0 unspecified atom stereocenters. The first kappa shape index (κ1) is 19.7. The Morgan fingerprint density at radius 3 is 2.08 bits per heavy atom. The first-order valence-corrected chi connectivity index (χ1v) is 9.57. The molecule has 1 aromatic carbocycles. The Morgan fingerprint density at radius 2 is 1.48 bits per heavy atom. The van der Waals surface area contributed by atoms with E-state index in [2.05, 4.69) is 14.6 Å². The van der Waals surface area contributed by atoms with Crippen molar-refractivity contribution in [2.45, 2.75) is 32.1 Å². The Hall–Kier alpha value is -1.61. The highest BCUT2D eigenvalue weighted by Crippen LogP contribution is 2.17. The fourth-order valence-corrected chi connectivity index (χ4v) is 3.16. The van der Waals surface area contributed by atoms with Crippen LogP contribution in [0.5, 0.6) is 5.75 Å². The first-order chi connectivity index (χ1) is 12.3. The largest absolute Gasteiger partial charge is 0.494 e. The van der Waals surface area contributed by atoms with Crippen LogP contribution < -0.4 is 10.5 Å². The number of benzene rings is 1. The van der Waals surface area contributed by atoms with Crippen molar-refractivity contribution in [3.63, 3.8) is 0 Å². The van der Waals surface area contributed by atoms with Gasteiger partial charge in [-0.15, -0.1) is 0 Å². The van der Waals surface area contributed by atoms with Crippen LogP contribution >= 0.6 is 0 Å². The number of unbranched alkanes of at least 4 members (excludes halogenated alkanes) is 3. The molecule has 5 nitrogen and oxygen atoms in total. The predicted octanol–water partition coefficient (Wildman–Crippen LogP) is 3.14. The van der Waals surface area contributed by atoms with Gasteiger partial charge in [0.15, 0.2) is 5.69 Å². The summed E-state index contributed by atoms with van der Waals surface area (Å²) in [5.41, 5.74) is 6.19. The zero-order valence-electron chi connectivity index (χ0n) is 15.3. The molecule has 0 aromatic heterocycles. The van der Waals surface area contributed by atoms with Crippen molar-refractivity contribution < 1.29 is 4.74 Å². The summed E-state index contributed by atoms with van der Waals surface area (Å²) in [5, 5.41) is 0. The molecule has 1 heterocycles. The highest BCUT2D eigenvalue weighted by Gasteiger charge is 2.15. The molecule has 5 heteroatoms. The third-order valence-corrected chi connectivity index (χ3v) is 4.75. The molecule has 2 rings (SSSR count). The fourth-order valence-electron chi connectivity index (χ4n) is 3.16. The second-order valence-electron chi connectivity index (χ2n) is 6.69. The number of piperazine rings is 1. The summed E-state index contributed by atoms with van der Waals surface area (Å²) < 4.78 is 5.75. The second kappa shape index (κ2) is 11.9. The molecule has 138 valence electrons. The van der Waals surface area contributed by atoms with Crippen molar-refractivity contribution in [1.29, 1.82) is 0 Å². The van der Waals surface area contributed by atoms with Gasteiger partial charge in [0.25, 0.3) is 0 Å². The molecule has 0 atom stereocenters. The van der Waals surface area contributed by atoms with Gasteiger partial charge in [-0.2, -0.15) is 0 Å². The molecule has 25 heavy (non-hydrogen) atoms. The van der Waals surface area contributed by atoms with Crippen LogP contribution in [-0.4, -0.2) is 62.2 Å². The number of ether oxygens (including phenoxy) is 1. The lowest BCUT2D eigenvalue weighted by Gasteiger charge is -2.34. The molecular weight excluding hydrogens is 312 g/mol. The van der Waals surface area contributed by atoms with Gasteiger partial charge in [0.1, 0.15) is 5.75 Å². The molecule has 2 N–H and O–H groups in total. The standard InChI is InChI=1S/C20H32N4O/c1-22-19-7-9-20(10-8-19)25-18-6-13-24-16-14-23(15-17-24)12-5-3-2-4-11-21/h7-10H,2-6,11-18,21H2. The SMILES string of the molecule is [C-]#[N+]c1ccc(OCCCN2CCN(CCCCCCN)CC2)cc1. The summed E-state index contributed by atoms with van der Waals surface area (Å²) in [6.45, 7) is 15.6. The van der Waals surface area contributed by atoms with E-state index in [1.54, 1.807) is 12.1 Å². The highest BCUT2D eigenvalue weighted by molar-refractivity contribution is 5.46. The highest BCUT2D eigenvalue weighted by atomic mass is 16.5. The third kappa shape index (κ3) is 7.87. The van der Waals surface area contributed by atoms with Gasteiger partial charge in [0.2, 0.25) is 0 Å². The van der Waals surface area contributed by atoms with E-state index in [0.717, 1.165) is 31.9 Å². The fraction of sp³-hybridized carbons (Fsp3) is 0.650. The first-order valence-electron chi connectivity index (χ1n) is 9.57. The Labute approximate surface area is 152 Å². The molecule has 1 aliphatic heterocycles. The minimum absolute atomic E-state index is 0.657. The normalized spacial score (nSPS) is 15.8. The number of hydrogen-bond acceptors (Lipinski definition) is 4. The van der Waals surface area contributed by atoms with Crippen molar-refractivity contribution in [1.82, 2.24) is 9.80 Å². The van der Waals surface area contributed by atoms with E-state index in [1.165, 1.54) is 58.4 Å². The lowest BCUT2D eigenvalue weighted by atomic mass is 10.2. The summed E-state index contributed by atoms with van der Waals surface area (Å²) in [6.07, 6.45) is 6.10. The number of nitrogens with two attached hydrogens (primary N) is 1. The van der Waals surface area contributed by atoms with Gasteiger partial charge in [-0.1, -0.05) is 25.0 Å². The molecule has 1 aliphatic rings. The quantitative estimate of drug-likeness (QED) is 0.495. The third-order valence-electron chi connectivity index (χ3n) is 4.75. The molecule has 1 fully saturated rings. The van der Waals surface area contributed by atoms with Crippen LogP contribution in [0.2, 0.25) is 0 Å². The van der Waals surface area contributed by atoms with Gasteiger partial charge < -0.3 is 20.3 Å². The van der Waals surface area contributed by atoms with Crippen molar-refractivity contribution in [3.8, 4) is 5.75 Å². The topological polar surface area (TPSA) is 46.1 Å². The van der Waals surface area contributed by atoms with E-state index < -0.39 is 0 Å². The monoisotopic (exact) mass is 344 g/mol. The van der Waals surface area contributed by atoms with E-state index in [9.17, 15) is 0 Å². The van der Waals surface area contributed by atoms with Crippen LogP contribution in [0.15, 0.2) is 24.3 Å². The molecule has 0 radical (unpaired) electrons. The van der Waals surface area contributed by atoms with Gasteiger partial charge in [0.05, 0.1) is 13.2 Å². The van der Waals surface area contributed by atoms with E-state index in [4.69, 9.17) is 17.0 Å². The smallest absolute Gasteiger partial charge is 0.187 e. The van der Waals surface area contributed by atoms with Crippen LogP contribution in [-0.2, 0) is 0 Å². The Bertz CT molecular complexity index is 503. The summed E-state index contributed by atoms with van der Waals surface area (Å²) in [5.74, 6) is 0.854. The number of hydrogen-bond donors (Lipinski definition) is 1. The zero-order valence-corrected chi connectivity index (χ0v) is 15.3. The number of nitrogens with zero attached hydrogens (tertiary/aromatic N) is 3. The Balaban J connectivity index is 1.50. The average molecular weight is 345 g/mol. The maximum atomic E-state index is 6.94. The van der Waals surface area contributed by atoms with E-state index in [-0.39, 0.29) is 0 Å². The molecule has 1 saturated heterocycles. The molecule has 1 aromatic rings. The van der Waals surface area contributed by atoms with Crippen LogP contribution in [0.4, 0.5) is 5.69 Å². The molecule has 0 amide bonds. The summed E-state index contributed by atoms with van der Waals surface area (Å²) in [7, 11) is 0. The summed E-state index contributed by atoms with van der Waals surface area (Å²) in [4.78, 5) is 8.52. The van der Waals surface area contributed by atoms with Gasteiger partial charge in [-0.05, 0) is 44.5 Å². The van der Waals surface area contributed by atoms with Gasteiger partial charge >= 0.3 is 0 Å². The Kier molecular flexibility index (Phi) is 9.35. The minimum atomic E-state index is 0.657. The lowest BCUT2D eigenvalue weighted by molar-refractivity contribution is 0.124. The van der Waals surface area contributed by atoms with Crippen molar-refractivity contribution in [2.24, 2.45) is 5.73 Å². The van der Waals surface area contributed by atoms with Crippen molar-refractivity contribution in [2.75, 3.05) is 52.4 Å². The van der Waals surface area contributed by atoms with Crippen LogP contribution in [0.1, 0.15) is 32.1 Å². The summed E-state index contributed by atoms with van der Waals surface area (Å²) >= 11 is 0. The van der Waals surface area contributed by atoms with E-state index in [0.29, 0.717) is 5.69 Å². The minimum Gasteiger partial charge on any atom is -0.494 e. The van der Waals surface area contributed by atoms with Gasteiger partial charge in [-0.3, -0.25) is 0 Å². The Morgan fingerprint density at radius 1 is 0.880 bits per heavy atom. The van der Waals surface area contributed by atoms with Crippen LogP contribution in [0, 0.1) is 6.57 Å². The molecular formula is C20H32N4O. The molecule has 0 aliphatic carbocycles. The van der Waals surface area contributed by atoms with E-state index in [1.807, 2.05) is 12.1 Å². The van der Waals surface area contributed by atoms with Crippen molar-refractivity contribution in [3.05, 3.63) is 35.7 Å². The van der Waals surface area contributed by atoms with E-state index >= 15 is 0 Å². The average Bonchev–Trinajstić information content (AvgIpc) is 2.66. The molecule has 0 saturated carbocycles. The van der Waals surface area contributed by atoms with Gasteiger partial charge in [-0.25, -0.2) is 4.85 Å². The molecule has 0 spiro atoms. The predicted molar refractivity (Wildman–Crippen MR) is 103 cm³/mol. The number of rotatable bonds is 11. The summed E-state index contributed by atoms with van der Waals surface area (Å²) in [6, 6.07) is 7.36.